The highest BCUT2D eigenvalue weighted by molar-refractivity contribution is 6.31. The zero-order valence-electron chi connectivity index (χ0n) is 17.8. The summed E-state index contributed by atoms with van der Waals surface area (Å²) in [6.07, 6.45) is 3.51. The Hall–Kier alpha value is -4.18. The van der Waals surface area contributed by atoms with Gasteiger partial charge in [-0.1, -0.05) is 29.3 Å². The molecule has 5 rings (SSSR count). The maximum absolute atomic E-state index is 13.2. The summed E-state index contributed by atoms with van der Waals surface area (Å²) >= 11 is 6.04. The molecule has 0 fully saturated rings. The van der Waals surface area contributed by atoms with Crippen LogP contribution in [0.2, 0.25) is 5.02 Å². The highest BCUT2D eigenvalue weighted by Crippen LogP contribution is 2.27. The van der Waals surface area contributed by atoms with E-state index in [1.165, 1.54) is 10.8 Å². The van der Waals surface area contributed by atoms with Gasteiger partial charge in [0.05, 0.1) is 12.8 Å². The summed E-state index contributed by atoms with van der Waals surface area (Å²) in [4.78, 5) is 22.2. The van der Waals surface area contributed by atoms with Gasteiger partial charge in [0.15, 0.2) is 17.1 Å². The fraction of sp³-hybridized carbons (Fsp3) is 0.136. The molecule has 33 heavy (non-hydrogen) atoms. The number of nitrogens with two attached hydrogens (primary N) is 1. The second-order valence-electron chi connectivity index (χ2n) is 7.60. The van der Waals surface area contributed by atoms with Gasteiger partial charge in [-0.3, -0.25) is 4.79 Å². The number of nitrogens with one attached hydrogen (secondary N) is 1. The standard InChI is InChI=1S/C22H19ClN8O2/c1-12(2)8-9-30-17(24)16-19(28-30)27-21(22(32)25-14-6-3-5-13(23)11-14)31-20(16)26-18(29-31)15-7-4-10-33-15/h3-8,10-11H,9,24H2,1-2H3,(H,25,32). The maximum Gasteiger partial charge on any atom is 0.293 e. The Morgan fingerprint density at radius 2 is 2.06 bits per heavy atom. The molecule has 0 aliphatic heterocycles. The smallest absolute Gasteiger partial charge is 0.293 e. The summed E-state index contributed by atoms with van der Waals surface area (Å²) in [6, 6.07) is 10.3. The van der Waals surface area contributed by atoms with Crippen LogP contribution in [0.15, 0.2) is 58.7 Å². The minimum atomic E-state index is -0.502. The SMILES string of the molecule is CC(C)=CCn1nc2nc(C(=O)Nc3cccc(Cl)c3)n3nc(-c4ccco4)nc3c2c1N. The second kappa shape index (κ2) is 8.06. The first-order chi connectivity index (χ1) is 15.9. The Labute approximate surface area is 192 Å². The molecule has 0 spiro atoms. The summed E-state index contributed by atoms with van der Waals surface area (Å²) in [5, 5.41) is 12.8. The lowest BCUT2D eigenvalue weighted by atomic mass is 10.3. The van der Waals surface area contributed by atoms with Crippen molar-refractivity contribution in [3.63, 3.8) is 0 Å². The van der Waals surface area contributed by atoms with E-state index in [2.05, 4.69) is 25.5 Å². The number of rotatable bonds is 5. The van der Waals surface area contributed by atoms with Gasteiger partial charge >= 0.3 is 0 Å². The van der Waals surface area contributed by atoms with Gasteiger partial charge in [-0.25, -0.2) is 14.6 Å². The van der Waals surface area contributed by atoms with Crippen LogP contribution in [0.4, 0.5) is 11.5 Å². The topological polar surface area (TPSA) is 129 Å². The first-order valence-corrected chi connectivity index (χ1v) is 10.5. The molecule has 0 aliphatic rings. The molecule has 0 aliphatic carbocycles. The zero-order valence-corrected chi connectivity index (χ0v) is 18.5. The van der Waals surface area contributed by atoms with Gasteiger partial charge in [0, 0.05) is 10.7 Å². The fourth-order valence-corrected chi connectivity index (χ4v) is 3.53. The lowest BCUT2D eigenvalue weighted by Gasteiger charge is -2.06. The summed E-state index contributed by atoms with van der Waals surface area (Å²) in [6.45, 7) is 4.44. The normalized spacial score (nSPS) is 11.2. The number of carbonyl (C=O) groups excluding carboxylic acids is 1. The van der Waals surface area contributed by atoms with E-state index in [0.717, 1.165) is 5.57 Å². The quantitative estimate of drug-likeness (QED) is 0.374. The Morgan fingerprint density at radius 3 is 2.79 bits per heavy atom. The van der Waals surface area contributed by atoms with Crippen molar-refractivity contribution in [2.24, 2.45) is 0 Å². The fourth-order valence-electron chi connectivity index (χ4n) is 3.34. The summed E-state index contributed by atoms with van der Waals surface area (Å²) in [5.74, 6) is 0.610. The van der Waals surface area contributed by atoms with Crippen molar-refractivity contribution in [2.45, 2.75) is 20.4 Å². The number of anilines is 2. The first kappa shape index (κ1) is 20.7. The van der Waals surface area contributed by atoms with E-state index in [-0.39, 0.29) is 11.5 Å². The number of nitrogens with zero attached hydrogens (tertiary/aromatic N) is 6. The number of halogens is 1. The number of fused-ring (bicyclic) bond motifs is 3. The van der Waals surface area contributed by atoms with E-state index in [9.17, 15) is 4.79 Å². The van der Waals surface area contributed by atoms with Gasteiger partial charge in [0.2, 0.25) is 11.6 Å². The van der Waals surface area contributed by atoms with Gasteiger partial charge in [0.25, 0.3) is 5.91 Å². The van der Waals surface area contributed by atoms with Gasteiger partial charge in [0.1, 0.15) is 11.2 Å². The Bertz CT molecular complexity index is 1530. The number of carbonyl (C=O) groups is 1. The second-order valence-corrected chi connectivity index (χ2v) is 8.03. The number of furan rings is 1. The molecule has 4 heterocycles. The van der Waals surface area contributed by atoms with Crippen LogP contribution in [-0.4, -0.2) is 35.3 Å². The van der Waals surface area contributed by atoms with Crippen LogP contribution in [0.3, 0.4) is 0 Å². The third kappa shape index (κ3) is 3.80. The predicted molar refractivity (Wildman–Crippen MR) is 125 cm³/mol. The molecule has 1 amide bonds. The highest BCUT2D eigenvalue weighted by Gasteiger charge is 2.24. The average Bonchev–Trinajstić information content (AvgIpc) is 3.50. The number of allylic oxidation sites excluding steroid dienone is 2. The molecular weight excluding hydrogens is 444 g/mol. The largest absolute Gasteiger partial charge is 0.461 e. The molecule has 0 unspecified atom stereocenters. The number of aromatic nitrogens is 6. The van der Waals surface area contributed by atoms with Crippen molar-refractivity contribution in [3.8, 4) is 11.6 Å². The monoisotopic (exact) mass is 462 g/mol. The van der Waals surface area contributed by atoms with Crippen molar-refractivity contribution < 1.29 is 9.21 Å². The predicted octanol–water partition coefficient (Wildman–Crippen LogP) is 4.19. The third-order valence-corrected chi connectivity index (χ3v) is 5.15. The van der Waals surface area contributed by atoms with Crippen LogP contribution in [0.1, 0.15) is 24.5 Å². The third-order valence-electron chi connectivity index (χ3n) is 4.92. The summed E-state index contributed by atoms with van der Waals surface area (Å²) in [5.41, 5.74) is 8.67. The van der Waals surface area contributed by atoms with Crippen molar-refractivity contribution >= 4 is 45.7 Å². The molecule has 0 bridgehead atoms. The van der Waals surface area contributed by atoms with E-state index < -0.39 is 5.91 Å². The average molecular weight is 463 g/mol. The number of benzene rings is 1. The molecule has 166 valence electrons. The number of amides is 1. The molecule has 10 nitrogen and oxygen atoms in total. The number of hydrogen-bond donors (Lipinski definition) is 2. The lowest BCUT2D eigenvalue weighted by molar-refractivity contribution is 0.101. The minimum Gasteiger partial charge on any atom is -0.461 e. The molecule has 0 radical (unpaired) electrons. The van der Waals surface area contributed by atoms with E-state index in [4.69, 9.17) is 21.8 Å². The van der Waals surface area contributed by atoms with Gasteiger partial charge in [-0.05, 0) is 44.2 Å². The van der Waals surface area contributed by atoms with Crippen LogP contribution < -0.4 is 11.1 Å². The number of nitrogen functional groups attached to an aromatic ring is 1. The Kier molecular flexibility index (Phi) is 5.06. The maximum atomic E-state index is 13.2. The van der Waals surface area contributed by atoms with Crippen LogP contribution in [0, 0.1) is 0 Å². The minimum absolute atomic E-state index is 0.00496. The molecule has 0 saturated carbocycles. The van der Waals surface area contributed by atoms with Crippen molar-refractivity contribution in [1.29, 1.82) is 0 Å². The number of hydrogen-bond acceptors (Lipinski definition) is 7. The molecular formula is C22H19ClN8O2. The van der Waals surface area contributed by atoms with Crippen molar-refractivity contribution in [1.82, 2.24) is 29.4 Å². The molecule has 0 saturated heterocycles. The zero-order chi connectivity index (χ0) is 23.1. The van der Waals surface area contributed by atoms with Crippen molar-refractivity contribution in [2.75, 3.05) is 11.1 Å². The van der Waals surface area contributed by atoms with E-state index in [1.807, 2.05) is 19.9 Å². The molecule has 4 aromatic heterocycles. The Morgan fingerprint density at radius 1 is 1.21 bits per heavy atom. The molecule has 1 aromatic carbocycles. The lowest BCUT2D eigenvalue weighted by Crippen LogP contribution is -2.19. The van der Waals surface area contributed by atoms with Crippen LogP contribution >= 0.6 is 11.6 Å². The van der Waals surface area contributed by atoms with E-state index in [0.29, 0.717) is 45.7 Å². The highest BCUT2D eigenvalue weighted by atomic mass is 35.5. The summed E-state index contributed by atoms with van der Waals surface area (Å²) < 4.78 is 8.40. The van der Waals surface area contributed by atoms with Crippen LogP contribution in [-0.2, 0) is 6.54 Å². The van der Waals surface area contributed by atoms with E-state index in [1.54, 1.807) is 41.1 Å². The molecule has 5 aromatic rings. The first-order valence-electron chi connectivity index (χ1n) is 10.1. The van der Waals surface area contributed by atoms with Gasteiger partial charge < -0.3 is 15.5 Å². The molecule has 11 heteroatoms. The van der Waals surface area contributed by atoms with Gasteiger partial charge in [-0.15, -0.1) is 10.2 Å². The summed E-state index contributed by atoms with van der Waals surface area (Å²) in [7, 11) is 0. The Balaban J connectivity index is 1.70. The van der Waals surface area contributed by atoms with Crippen molar-refractivity contribution in [3.05, 3.63) is 65.2 Å². The van der Waals surface area contributed by atoms with Crippen LogP contribution in [0.25, 0.3) is 28.3 Å². The van der Waals surface area contributed by atoms with Crippen LogP contribution in [0.5, 0.6) is 0 Å². The molecule has 3 N–H and O–H groups in total. The molecule has 0 atom stereocenters. The van der Waals surface area contributed by atoms with E-state index >= 15 is 0 Å². The van der Waals surface area contributed by atoms with Gasteiger partial charge in [-0.2, -0.15) is 4.52 Å².